The summed E-state index contributed by atoms with van der Waals surface area (Å²) in [7, 11) is 0. The van der Waals surface area contributed by atoms with Gasteiger partial charge in [0, 0.05) is 23.0 Å². The first-order valence-corrected chi connectivity index (χ1v) is 19.5. The number of nitrogens with one attached hydrogen (secondary N) is 2. The van der Waals surface area contributed by atoms with Crippen LogP contribution in [0.25, 0.3) is 55.9 Å². The number of alkyl halides is 1. The second-order valence-electron chi connectivity index (χ2n) is 13.5. The highest BCUT2D eigenvalue weighted by Crippen LogP contribution is 2.55. The summed E-state index contributed by atoms with van der Waals surface area (Å²) in [5, 5.41) is 15.7. The van der Waals surface area contributed by atoms with Gasteiger partial charge in [-0.25, -0.2) is 10.1 Å². The Balaban J connectivity index is 1.83. The van der Waals surface area contributed by atoms with Gasteiger partial charge in [-0.05, 0) is 94.6 Å². The van der Waals surface area contributed by atoms with E-state index in [-0.39, 0.29) is 11.5 Å². The van der Waals surface area contributed by atoms with Crippen LogP contribution in [0.3, 0.4) is 0 Å². The summed E-state index contributed by atoms with van der Waals surface area (Å²) >= 11 is 3.74. The molecule has 5 aromatic carbocycles. The monoisotopic (exact) mass is 791 g/mol. The number of amides is 1. The molecule has 0 radical (unpaired) electrons. The quantitative estimate of drug-likeness (QED) is 0.119. The lowest BCUT2D eigenvalue weighted by Crippen LogP contribution is -2.34. The third-order valence-corrected chi connectivity index (χ3v) is 10.9. The molecule has 0 aliphatic carbocycles. The van der Waals surface area contributed by atoms with Gasteiger partial charge in [-0.15, -0.1) is 5.10 Å². The number of anilines is 2. The van der Waals surface area contributed by atoms with Crippen molar-refractivity contribution in [2.45, 2.75) is 58.2 Å². The average molecular weight is 793 g/mol. The summed E-state index contributed by atoms with van der Waals surface area (Å²) in [4.78, 5) is 38.3. The van der Waals surface area contributed by atoms with E-state index < -0.39 is 4.83 Å². The molecule has 2 heterocycles. The molecule has 0 bridgehead atoms. The maximum absolute atomic E-state index is 15.2. The molecule has 7 rings (SSSR count). The van der Waals surface area contributed by atoms with Crippen molar-refractivity contribution in [1.82, 2.24) is 30.6 Å². The minimum Gasteiger partial charge on any atom is -0.310 e. The molecule has 0 spiro atoms. The van der Waals surface area contributed by atoms with Gasteiger partial charge in [0.2, 0.25) is 5.91 Å². The molecule has 2 aromatic heterocycles. The van der Waals surface area contributed by atoms with E-state index in [9.17, 15) is 4.79 Å². The molecule has 0 fully saturated rings. The highest BCUT2D eigenvalue weighted by Gasteiger charge is 2.37. The summed E-state index contributed by atoms with van der Waals surface area (Å²) in [6.07, 6.45) is 4.56. The van der Waals surface area contributed by atoms with Crippen LogP contribution in [0.1, 0.15) is 50.1 Å². The summed E-state index contributed by atoms with van der Waals surface area (Å²) in [6.45, 7) is 8.02. The van der Waals surface area contributed by atoms with Gasteiger partial charge in [0.05, 0.1) is 21.6 Å². The van der Waals surface area contributed by atoms with Crippen LogP contribution in [0, 0.1) is 13.8 Å². The van der Waals surface area contributed by atoms with Crippen molar-refractivity contribution in [3.63, 3.8) is 0 Å². The van der Waals surface area contributed by atoms with Gasteiger partial charge in [-0.2, -0.15) is 0 Å². The van der Waals surface area contributed by atoms with Gasteiger partial charge in [-0.1, -0.05) is 133 Å². The number of tetrazole rings is 1. The molecule has 0 saturated heterocycles. The number of para-hydroxylation sites is 1. The number of aromatic nitrogens is 6. The van der Waals surface area contributed by atoms with Gasteiger partial charge >= 0.3 is 0 Å². The molecule has 2 N–H and O–H groups in total. The number of halogens is 1. The number of hydrogen-bond donors (Lipinski definition) is 2. The molecule has 1 amide bonds. The first-order chi connectivity index (χ1) is 26.8. The van der Waals surface area contributed by atoms with E-state index in [0.29, 0.717) is 52.6 Å². The van der Waals surface area contributed by atoms with Crippen molar-refractivity contribution in [3.05, 3.63) is 143 Å². The summed E-state index contributed by atoms with van der Waals surface area (Å²) < 4.78 is 0. The molecule has 55 heavy (non-hydrogen) atoms. The molecule has 0 aliphatic rings. The molecule has 7 aromatic rings. The summed E-state index contributed by atoms with van der Waals surface area (Å²) in [5.74, 6) is 0.614. The Morgan fingerprint density at radius 3 is 2.02 bits per heavy atom. The number of benzene rings is 5. The lowest BCUT2D eigenvalue weighted by molar-refractivity contribution is -0.117. The van der Waals surface area contributed by atoms with Crippen molar-refractivity contribution in [2.75, 3.05) is 4.90 Å². The van der Waals surface area contributed by atoms with Crippen molar-refractivity contribution in [3.8, 4) is 55.9 Å². The van der Waals surface area contributed by atoms with E-state index in [1.807, 2.05) is 73.7 Å². The van der Waals surface area contributed by atoms with Crippen LogP contribution in [0.15, 0.2) is 120 Å². The number of hydrogen-bond acceptors (Lipinski definition) is 6. The number of carbonyl (C=O) groups is 1. The molecule has 0 saturated carbocycles. The minimum atomic E-state index is -0.534. The highest BCUT2D eigenvalue weighted by atomic mass is 79.9. The Bertz CT molecular complexity index is 2490. The Kier molecular flexibility index (Phi) is 11.2. The van der Waals surface area contributed by atoms with Gasteiger partial charge in [0.15, 0.2) is 5.82 Å². The zero-order valence-corrected chi connectivity index (χ0v) is 32.9. The zero-order chi connectivity index (χ0) is 38.5. The van der Waals surface area contributed by atoms with Crippen LogP contribution >= 0.6 is 15.9 Å². The molecule has 1 unspecified atom stereocenters. The molecule has 0 aliphatic heterocycles. The van der Waals surface area contributed by atoms with E-state index in [2.05, 4.69) is 103 Å². The number of carbonyl (C=O) groups excluding carboxylic acids is 1. The van der Waals surface area contributed by atoms with Gasteiger partial charge < -0.3 is 4.98 Å². The fourth-order valence-electron chi connectivity index (χ4n) is 7.38. The predicted octanol–water partition coefficient (Wildman–Crippen LogP) is 10.4. The topological polar surface area (TPSA) is 121 Å². The van der Waals surface area contributed by atoms with E-state index >= 15 is 4.79 Å². The largest absolute Gasteiger partial charge is 0.310 e. The van der Waals surface area contributed by atoms with Crippen molar-refractivity contribution in [1.29, 1.82) is 0 Å². The number of aromatic amines is 2. The minimum absolute atomic E-state index is 0.173. The molecule has 1 atom stereocenters. The Hall–Kier alpha value is -6.00. The molecular formula is C45H42BrN7O2. The van der Waals surface area contributed by atoms with E-state index in [1.54, 1.807) is 18.0 Å². The number of nitrogens with zero attached hydrogens (tertiary/aromatic N) is 5. The maximum Gasteiger partial charge on any atom is 0.258 e. The van der Waals surface area contributed by atoms with E-state index in [0.717, 1.165) is 57.3 Å². The second-order valence-corrected chi connectivity index (χ2v) is 14.6. The fraction of sp³-hybridized carbons (Fsp3) is 0.200. The first-order valence-electron chi connectivity index (χ1n) is 18.6. The van der Waals surface area contributed by atoms with E-state index in [1.165, 1.54) is 0 Å². The number of rotatable bonds is 12. The summed E-state index contributed by atoms with van der Waals surface area (Å²) in [6, 6.07) is 36.4. The van der Waals surface area contributed by atoms with Crippen LogP contribution in [0.4, 0.5) is 11.4 Å². The number of aryl methyl sites for hydroxylation is 2. The van der Waals surface area contributed by atoms with E-state index in [4.69, 9.17) is 0 Å². The Morgan fingerprint density at radius 1 is 0.764 bits per heavy atom. The van der Waals surface area contributed by atoms with Crippen LogP contribution in [-0.2, 0) is 11.2 Å². The van der Waals surface area contributed by atoms with Crippen molar-refractivity contribution in [2.24, 2.45) is 0 Å². The van der Waals surface area contributed by atoms with Crippen LogP contribution in [0.2, 0.25) is 0 Å². The Morgan fingerprint density at radius 2 is 1.42 bits per heavy atom. The fourth-order valence-corrected chi connectivity index (χ4v) is 7.58. The first kappa shape index (κ1) is 37.3. The van der Waals surface area contributed by atoms with Gasteiger partial charge in [0.1, 0.15) is 5.82 Å². The molecule has 9 nitrogen and oxygen atoms in total. The van der Waals surface area contributed by atoms with Gasteiger partial charge in [0.25, 0.3) is 5.56 Å². The predicted molar refractivity (Wildman–Crippen MR) is 224 cm³/mol. The third kappa shape index (κ3) is 7.29. The number of H-pyrrole nitrogens is 2. The summed E-state index contributed by atoms with van der Waals surface area (Å²) in [5.41, 5.74) is 10.0. The Labute approximate surface area is 329 Å². The normalized spacial score (nSPS) is 11.7. The standard InChI is InChI=1S/C45H42BrN7O2/c1-5-7-25-34-38(31-21-13-9-14-22-31)40(35-27-47-29(4)48-44(35)54)41(43-49-51-52-50-43)42(53(45(55)36(46)6-2)32-23-15-10-16-24-32)39(34)33-26-17-18-28(3)37(33)30-19-11-8-12-20-30/h8-24,26-27,36H,5-7,25H2,1-4H3,(H,47,48,54)(H,49,50,51,52). The third-order valence-electron chi connectivity index (χ3n) is 9.89. The van der Waals surface area contributed by atoms with Gasteiger partial charge in [-0.3, -0.25) is 14.5 Å². The second kappa shape index (κ2) is 16.6. The zero-order valence-electron chi connectivity index (χ0n) is 31.3. The molecule has 10 heteroatoms. The van der Waals surface area contributed by atoms with Crippen LogP contribution < -0.4 is 10.5 Å². The lowest BCUT2D eigenvalue weighted by Gasteiger charge is -2.34. The SMILES string of the molecule is CCCCc1c(-c2ccccc2)c(-c2cnc(C)[nH]c2=O)c(-c2nnn[nH]2)c(N(C(=O)C(Br)CC)c2ccccc2)c1-c1cccc(C)c1-c1ccccc1. The van der Waals surface area contributed by atoms with Crippen LogP contribution in [-0.4, -0.2) is 41.3 Å². The number of unbranched alkanes of at least 4 members (excludes halogenated alkanes) is 1. The maximum atomic E-state index is 15.2. The van der Waals surface area contributed by atoms with Crippen molar-refractivity contribution >= 4 is 33.2 Å². The highest BCUT2D eigenvalue weighted by molar-refractivity contribution is 9.10. The molecule has 276 valence electrons. The smallest absolute Gasteiger partial charge is 0.258 e. The average Bonchev–Trinajstić information content (AvgIpc) is 3.75. The van der Waals surface area contributed by atoms with Crippen molar-refractivity contribution < 1.29 is 4.79 Å². The lowest BCUT2D eigenvalue weighted by atomic mass is 9.77. The van der Waals surface area contributed by atoms with Crippen LogP contribution in [0.5, 0.6) is 0 Å². The molecular weight excluding hydrogens is 750 g/mol.